The van der Waals surface area contributed by atoms with Crippen LogP contribution in [0, 0.1) is 11.3 Å². The van der Waals surface area contributed by atoms with Crippen LogP contribution in [0.4, 0.5) is 0 Å². The van der Waals surface area contributed by atoms with E-state index in [1.807, 2.05) is 48.5 Å². The minimum atomic E-state index is -0.105. The molecule has 0 saturated heterocycles. The molecule has 4 nitrogen and oxygen atoms in total. The van der Waals surface area contributed by atoms with Crippen LogP contribution >= 0.6 is 0 Å². The van der Waals surface area contributed by atoms with E-state index >= 15 is 0 Å². The van der Waals surface area contributed by atoms with Crippen LogP contribution in [0.3, 0.4) is 0 Å². The van der Waals surface area contributed by atoms with Crippen LogP contribution in [-0.2, 0) is 6.54 Å². The van der Waals surface area contributed by atoms with Crippen molar-refractivity contribution in [2.45, 2.75) is 32.7 Å². The van der Waals surface area contributed by atoms with E-state index in [1.54, 1.807) is 11.0 Å². The summed E-state index contributed by atoms with van der Waals surface area (Å²) < 4.78 is 5.79. The van der Waals surface area contributed by atoms with Crippen molar-refractivity contribution in [3.8, 4) is 11.8 Å². The highest BCUT2D eigenvalue weighted by molar-refractivity contribution is 5.96. The number of para-hydroxylation sites is 1. The lowest BCUT2D eigenvalue weighted by molar-refractivity contribution is 0.0742. The lowest BCUT2D eigenvalue weighted by Gasteiger charge is -2.23. The number of hydrogen-bond acceptors (Lipinski definition) is 3. The maximum atomic E-state index is 13.0. The number of nitriles is 1. The summed E-state index contributed by atoms with van der Waals surface area (Å²) in [6, 6.07) is 19.3. The molecule has 0 spiro atoms. The number of carbonyl (C=O) groups is 1. The van der Waals surface area contributed by atoms with Crippen LogP contribution in [0.5, 0.6) is 5.75 Å². The minimum absolute atomic E-state index is 0.105. The van der Waals surface area contributed by atoms with Crippen molar-refractivity contribution < 1.29 is 9.53 Å². The second-order valence-corrected chi connectivity index (χ2v) is 5.82. The van der Waals surface area contributed by atoms with Gasteiger partial charge in [-0.05, 0) is 24.1 Å². The van der Waals surface area contributed by atoms with Crippen LogP contribution < -0.4 is 4.74 Å². The number of amides is 1. The molecule has 0 bridgehead atoms. The van der Waals surface area contributed by atoms with Crippen LogP contribution in [0.15, 0.2) is 54.6 Å². The van der Waals surface area contributed by atoms with E-state index in [1.165, 1.54) is 0 Å². The van der Waals surface area contributed by atoms with E-state index in [4.69, 9.17) is 10.00 Å². The van der Waals surface area contributed by atoms with Gasteiger partial charge in [0.1, 0.15) is 5.75 Å². The van der Waals surface area contributed by atoms with Crippen molar-refractivity contribution in [1.82, 2.24) is 4.90 Å². The maximum absolute atomic E-state index is 13.0. The van der Waals surface area contributed by atoms with E-state index < -0.39 is 0 Å². The van der Waals surface area contributed by atoms with Gasteiger partial charge in [0, 0.05) is 13.1 Å². The monoisotopic (exact) mass is 336 g/mol. The zero-order valence-corrected chi connectivity index (χ0v) is 14.6. The van der Waals surface area contributed by atoms with E-state index in [-0.39, 0.29) is 5.91 Å². The summed E-state index contributed by atoms with van der Waals surface area (Å²) in [5.74, 6) is 0.502. The zero-order chi connectivity index (χ0) is 17.9. The molecule has 0 radical (unpaired) electrons. The van der Waals surface area contributed by atoms with Crippen molar-refractivity contribution in [3.63, 3.8) is 0 Å². The fourth-order valence-corrected chi connectivity index (χ4v) is 2.51. The third kappa shape index (κ3) is 5.65. The van der Waals surface area contributed by atoms with Crippen molar-refractivity contribution in [1.29, 1.82) is 5.26 Å². The second-order valence-electron chi connectivity index (χ2n) is 5.82. The topological polar surface area (TPSA) is 53.3 Å². The van der Waals surface area contributed by atoms with Crippen LogP contribution in [0.25, 0.3) is 0 Å². The number of carbonyl (C=O) groups excluding carboxylic acids is 1. The predicted molar refractivity (Wildman–Crippen MR) is 98.3 cm³/mol. The van der Waals surface area contributed by atoms with Gasteiger partial charge in [0.05, 0.1) is 24.7 Å². The van der Waals surface area contributed by atoms with Crippen LogP contribution in [-0.4, -0.2) is 24.0 Å². The van der Waals surface area contributed by atoms with Gasteiger partial charge < -0.3 is 9.64 Å². The van der Waals surface area contributed by atoms with Gasteiger partial charge in [-0.1, -0.05) is 55.8 Å². The highest BCUT2D eigenvalue weighted by Crippen LogP contribution is 2.21. The van der Waals surface area contributed by atoms with Crippen LogP contribution in [0.2, 0.25) is 0 Å². The Balaban J connectivity index is 2.19. The quantitative estimate of drug-likeness (QED) is 0.637. The molecule has 0 atom stereocenters. The number of ether oxygens (including phenoxy) is 1. The van der Waals surface area contributed by atoms with Crippen LogP contribution in [0.1, 0.15) is 42.1 Å². The molecule has 25 heavy (non-hydrogen) atoms. The average Bonchev–Trinajstić information content (AvgIpc) is 2.66. The molecule has 0 unspecified atom stereocenters. The van der Waals surface area contributed by atoms with Gasteiger partial charge in [0.15, 0.2) is 0 Å². The molecule has 0 aliphatic rings. The Labute approximate surface area is 149 Å². The number of benzene rings is 2. The molecule has 0 aliphatic carbocycles. The summed E-state index contributed by atoms with van der Waals surface area (Å²) in [7, 11) is 0. The summed E-state index contributed by atoms with van der Waals surface area (Å²) in [6.07, 6.45) is 2.29. The third-order valence-corrected chi connectivity index (χ3v) is 3.87. The molecule has 0 saturated carbocycles. The number of hydrogen-bond donors (Lipinski definition) is 0. The smallest absolute Gasteiger partial charge is 0.257 e. The summed E-state index contributed by atoms with van der Waals surface area (Å²) in [6.45, 7) is 3.57. The Morgan fingerprint density at radius 3 is 2.56 bits per heavy atom. The Kier molecular flexibility index (Phi) is 7.52. The molecule has 1 amide bonds. The standard InChI is InChI=1S/C21H24N2O2/c1-2-3-16-25-20-13-8-7-12-19(20)21(24)23(15-9-14-22)17-18-10-5-4-6-11-18/h4-8,10-13H,2-3,9,15-17H2,1H3. The first-order chi connectivity index (χ1) is 12.3. The Morgan fingerprint density at radius 1 is 1.12 bits per heavy atom. The van der Waals surface area contributed by atoms with E-state index in [0.29, 0.717) is 37.4 Å². The molecule has 2 rings (SSSR count). The number of rotatable bonds is 9. The summed E-state index contributed by atoms with van der Waals surface area (Å²) >= 11 is 0. The Morgan fingerprint density at radius 2 is 1.84 bits per heavy atom. The van der Waals surface area contributed by atoms with Gasteiger partial charge in [0.25, 0.3) is 5.91 Å². The normalized spacial score (nSPS) is 10.1. The largest absolute Gasteiger partial charge is 0.493 e. The molecule has 0 aromatic heterocycles. The molecule has 0 fully saturated rings. The van der Waals surface area contributed by atoms with Gasteiger partial charge in [0.2, 0.25) is 0 Å². The van der Waals surface area contributed by atoms with Gasteiger partial charge in [-0.3, -0.25) is 4.79 Å². The van der Waals surface area contributed by atoms with E-state index in [0.717, 1.165) is 18.4 Å². The first kappa shape index (κ1) is 18.5. The number of nitrogens with zero attached hydrogens (tertiary/aromatic N) is 2. The SMILES string of the molecule is CCCCOc1ccccc1C(=O)N(CCC#N)Cc1ccccc1. The average molecular weight is 336 g/mol. The van der Waals surface area contributed by atoms with Gasteiger partial charge in [-0.2, -0.15) is 5.26 Å². The highest BCUT2D eigenvalue weighted by Gasteiger charge is 2.19. The number of unbranched alkanes of at least 4 members (excludes halogenated alkanes) is 1. The Hall–Kier alpha value is -2.80. The second kappa shape index (κ2) is 10.1. The van der Waals surface area contributed by atoms with Crippen molar-refractivity contribution in [2.75, 3.05) is 13.2 Å². The Bertz CT molecular complexity index is 707. The van der Waals surface area contributed by atoms with E-state index in [2.05, 4.69) is 13.0 Å². The van der Waals surface area contributed by atoms with Gasteiger partial charge >= 0.3 is 0 Å². The van der Waals surface area contributed by atoms with Crippen molar-refractivity contribution >= 4 is 5.91 Å². The lowest BCUT2D eigenvalue weighted by Crippen LogP contribution is -2.31. The molecule has 130 valence electrons. The van der Waals surface area contributed by atoms with Gasteiger partial charge in [-0.25, -0.2) is 0 Å². The molecule has 0 aliphatic heterocycles. The first-order valence-corrected chi connectivity index (χ1v) is 8.68. The molecule has 2 aromatic rings. The summed E-state index contributed by atoms with van der Waals surface area (Å²) in [5, 5.41) is 8.92. The molecule has 2 aromatic carbocycles. The van der Waals surface area contributed by atoms with E-state index in [9.17, 15) is 4.79 Å². The zero-order valence-electron chi connectivity index (χ0n) is 14.6. The fraction of sp³-hybridized carbons (Fsp3) is 0.333. The summed E-state index contributed by atoms with van der Waals surface area (Å²) in [4.78, 5) is 14.8. The first-order valence-electron chi connectivity index (χ1n) is 8.68. The fourth-order valence-electron chi connectivity index (χ4n) is 2.51. The van der Waals surface area contributed by atoms with Crippen molar-refractivity contribution in [3.05, 3.63) is 65.7 Å². The predicted octanol–water partition coefficient (Wildman–Crippen LogP) is 4.42. The molecule has 0 heterocycles. The lowest BCUT2D eigenvalue weighted by atomic mass is 10.1. The maximum Gasteiger partial charge on any atom is 0.257 e. The minimum Gasteiger partial charge on any atom is -0.493 e. The molecule has 4 heteroatoms. The molecule has 0 N–H and O–H groups in total. The third-order valence-electron chi connectivity index (χ3n) is 3.87. The van der Waals surface area contributed by atoms with Crippen molar-refractivity contribution in [2.24, 2.45) is 0 Å². The van der Waals surface area contributed by atoms with Gasteiger partial charge in [-0.15, -0.1) is 0 Å². The molecular formula is C21H24N2O2. The highest BCUT2D eigenvalue weighted by atomic mass is 16.5. The summed E-state index contributed by atoms with van der Waals surface area (Å²) in [5.41, 5.74) is 1.59. The molecular weight excluding hydrogens is 312 g/mol.